The number of aryl methyl sites for hydroxylation is 1. The Morgan fingerprint density at radius 1 is 1.12 bits per heavy atom. The minimum Gasteiger partial charge on any atom is -0.456 e. The van der Waals surface area contributed by atoms with Crippen LogP contribution in [0.3, 0.4) is 0 Å². The van der Waals surface area contributed by atoms with E-state index in [9.17, 15) is 9.59 Å². The summed E-state index contributed by atoms with van der Waals surface area (Å²) in [6.45, 7) is 7.42. The molecule has 9 nitrogen and oxygen atoms in total. The molecule has 2 atom stereocenters. The number of hydrogen-bond acceptors (Lipinski definition) is 8. The first-order valence-corrected chi connectivity index (χ1v) is 11.0. The zero-order valence-electron chi connectivity index (χ0n) is 20.3. The Morgan fingerprint density at radius 2 is 1.73 bits per heavy atom. The Balaban J connectivity index is 2.10. The molecule has 2 unspecified atom stereocenters. The molecule has 1 aromatic heterocycles. The van der Waals surface area contributed by atoms with Gasteiger partial charge in [-0.05, 0) is 63.6 Å². The van der Waals surface area contributed by atoms with E-state index in [4.69, 9.17) is 25.7 Å². The van der Waals surface area contributed by atoms with Crippen molar-refractivity contribution in [1.29, 1.82) is 0 Å². The second kappa shape index (κ2) is 11.3. The highest BCUT2D eigenvalue weighted by atomic mass is 16.7. The monoisotopic (exact) mass is 460 g/mol. The normalized spacial score (nSPS) is 13.7. The van der Waals surface area contributed by atoms with E-state index in [0.29, 0.717) is 17.5 Å². The molecule has 0 aliphatic heterocycles. The number of anilines is 2. The van der Waals surface area contributed by atoms with Crippen molar-refractivity contribution in [3.05, 3.63) is 51.3 Å². The van der Waals surface area contributed by atoms with Crippen LogP contribution in [-0.2, 0) is 20.6 Å². The highest BCUT2D eigenvalue weighted by Gasteiger charge is 2.31. The van der Waals surface area contributed by atoms with E-state index in [1.807, 2.05) is 39.8 Å². The van der Waals surface area contributed by atoms with Gasteiger partial charge >= 0.3 is 5.97 Å². The van der Waals surface area contributed by atoms with Gasteiger partial charge in [0.25, 0.3) is 5.56 Å². The zero-order valence-corrected chi connectivity index (χ0v) is 20.3. The van der Waals surface area contributed by atoms with Gasteiger partial charge < -0.3 is 25.7 Å². The summed E-state index contributed by atoms with van der Waals surface area (Å²) < 4.78 is 16.4. The van der Waals surface area contributed by atoms with Crippen molar-refractivity contribution in [2.24, 2.45) is 5.92 Å². The molecule has 0 bridgehead atoms. The quantitative estimate of drug-likeness (QED) is 0.362. The molecule has 182 valence electrons. The van der Waals surface area contributed by atoms with Gasteiger partial charge in [-0.25, -0.2) is 4.79 Å². The third kappa shape index (κ3) is 7.30. The summed E-state index contributed by atoms with van der Waals surface area (Å²) >= 11 is 0. The van der Waals surface area contributed by atoms with Gasteiger partial charge in [0.05, 0.1) is 11.1 Å². The maximum Gasteiger partial charge on any atom is 0.338 e. The molecule has 1 aromatic carbocycles. The lowest BCUT2D eigenvalue weighted by molar-refractivity contribution is -0.143. The molecule has 2 rings (SSSR count). The minimum atomic E-state index is -0.536. The number of hydrogen-bond donors (Lipinski definition) is 3. The van der Waals surface area contributed by atoms with Crippen LogP contribution in [-0.4, -0.2) is 42.0 Å². The molecule has 0 amide bonds. The van der Waals surface area contributed by atoms with Crippen molar-refractivity contribution in [1.82, 2.24) is 9.97 Å². The summed E-state index contributed by atoms with van der Waals surface area (Å²) in [7, 11) is 3.14. The molecular formula is C24H36N4O5. The number of esters is 1. The number of rotatable bonds is 10. The number of carbonyl (C=O) groups excluding carboxylic acids is 1. The number of benzene rings is 1. The third-order valence-corrected chi connectivity index (χ3v) is 5.51. The molecule has 0 spiro atoms. The number of ether oxygens (including phenoxy) is 3. The van der Waals surface area contributed by atoms with E-state index < -0.39 is 11.9 Å². The van der Waals surface area contributed by atoms with E-state index in [2.05, 4.69) is 9.97 Å². The predicted octanol–water partition coefficient (Wildman–Crippen LogP) is 3.25. The maximum atomic E-state index is 12.5. The molecule has 0 aliphatic rings. The predicted molar refractivity (Wildman–Crippen MR) is 128 cm³/mol. The average Bonchev–Trinajstić information content (AvgIpc) is 2.71. The van der Waals surface area contributed by atoms with Gasteiger partial charge in [-0.2, -0.15) is 4.98 Å². The fourth-order valence-electron chi connectivity index (χ4n) is 3.93. The lowest BCUT2D eigenvalue weighted by atomic mass is 9.83. The maximum absolute atomic E-state index is 12.5. The van der Waals surface area contributed by atoms with E-state index in [1.165, 1.54) is 0 Å². The molecular weight excluding hydrogens is 424 g/mol. The summed E-state index contributed by atoms with van der Waals surface area (Å²) in [5.74, 6) is -0.672. The van der Waals surface area contributed by atoms with Crippen LogP contribution in [0.1, 0.15) is 67.9 Å². The number of aromatic nitrogens is 2. The van der Waals surface area contributed by atoms with Crippen molar-refractivity contribution in [3.63, 3.8) is 0 Å². The number of nitrogens with zero attached hydrogens (tertiary/aromatic N) is 1. The Hall–Kier alpha value is -2.91. The van der Waals surface area contributed by atoms with Crippen molar-refractivity contribution in [3.8, 4) is 0 Å². The van der Waals surface area contributed by atoms with Gasteiger partial charge in [0.2, 0.25) is 5.95 Å². The first kappa shape index (κ1) is 26.3. The topological polar surface area (TPSA) is 143 Å². The van der Waals surface area contributed by atoms with Gasteiger partial charge in [0, 0.05) is 20.1 Å². The largest absolute Gasteiger partial charge is 0.456 e. The van der Waals surface area contributed by atoms with Crippen LogP contribution in [0.5, 0.6) is 0 Å². The van der Waals surface area contributed by atoms with Gasteiger partial charge in [0.15, 0.2) is 6.29 Å². The number of carbonyl (C=O) groups is 1. The van der Waals surface area contributed by atoms with Gasteiger partial charge in [0.1, 0.15) is 11.4 Å². The van der Waals surface area contributed by atoms with Crippen molar-refractivity contribution in [2.75, 3.05) is 25.7 Å². The van der Waals surface area contributed by atoms with Crippen molar-refractivity contribution in [2.45, 2.75) is 64.8 Å². The highest BCUT2D eigenvalue weighted by molar-refractivity contribution is 5.89. The van der Waals surface area contributed by atoms with Gasteiger partial charge in [-0.15, -0.1) is 0 Å². The van der Waals surface area contributed by atoms with Crippen molar-refractivity contribution >= 4 is 17.7 Å². The Kier molecular flexibility index (Phi) is 9.01. The molecule has 33 heavy (non-hydrogen) atoms. The number of H-pyrrole nitrogens is 1. The number of aromatic amines is 1. The molecule has 9 heteroatoms. The summed E-state index contributed by atoms with van der Waals surface area (Å²) in [6.07, 6.45) is 1.78. The summed E-state index contributed by atoms with van der Waals surface area (Å²) in [5, 5.41) is 0. The number of nitrogen functional groups attached to an aromatic ring is 2. The highest BCUT2D eigenvalue weighted by Crippen LogP contribution is 2.33. The Bertz CT molecular complexity index is 978. The van der Waals surface area contributed by atoms with Crippen LogP contribution in [0.4, 0.5) is 11.8 Å². The summed E-state index contributed by atoms with van der Waals surface area (Å²) in [4.78, 5) is 31.2. The second-order valence-electron chi connectivity index (χ2n) is 9.13. The lowest BCUT2D eigenvalue weighted by Gasteiger charge is -2.30. The average molecular weight is 461 g/mol. The van der Waals surface area contributed by atoms with Crippen LogP contribution in [0, 0.1) is 5.92 Å². The Labute approximate surface area is 194 Å². The second-order valence-corrected chi connectivity index (χ2v) is 9.13. The van der Waals surface area contributed by atoms with Crippen LogP contribution < -0.4 is 17.0 Å². The van der Waals surface area contributed by atoms with E-state index >= 15 is 0 Å². The molecule has 0 radical (unpaired) electrons. The van der Waals surface area contributed by atoms with Crippen LogP contribution in [0.15, 0.2) is 29.1 Å². The smallest absolute Gasteiger partial charge is 0.338 e. The lowest BCUT2D eigenvalue weighted by Crippen LogP contribution is -2.33. The fourth-order valence-corrected chi connectivity index (χ4v) is 3.93. The first-order valence-electron chi connectivity index (χ1n) is 11.0. The molecule has 5 N–H and O–H groups in total. The number of nitrogens with one attached hydrogen (secondary N) is 1. The SMILES string of the molecule is COC(OC)C(CCCc1ccc(C(=O)OC(C)(C)C)cc1)C(C)c1c(N)nc(N)[nH]c1=O. The Morgan fingerprint density at radius 3 is 2.24 bits per heavy atom. The molecule has 1 heterocycles. The minimum absolute atomic E-state index is 0.0186. The molecule has 0 saturated carbocycles. The molecule has 0 saturated heterocycles. The van der Waals surface area contributed by atoms with Gasteiger partial charge in [-0.3, -0.25) is 9.78 Å². The third-order valence-electron chi connectivity index (χ3n) is 5.51. The van der Waals surface area contributed by atoms with E-state index in [1.54, 1.807) is 26.4 Å². The summed E-state index contributed by atoms with van der Waals surface area (Å²) in [5.41, 5.74) is 12.7. The van der Waals surface area contributed by atoms with Crippen LogP contribution >= 0.6 is 0 Å². The zero-order chi connectivity index (χ0) is 24.8. The molecule has 2 aromatic rings. The number of nitrogens with two attached hydrogens (primary N) is 2. The van der Waals surface area contributed by atoms with Crippen molar-refractivity contribution < 1.29 is 19.0 Å². The van der Waals surface area contributed by atoms with Crippen LogP contribution in [0.25, 0.3) is 0 Å². The summed E-state index contributed by atoms with van der Waals surface area (Å²) in [6, 6.07) is 7.40. The standard InChI is InChI=1S/C24H36N4O5/c1-14(18-19(25)27-23(26)28-20(18)29)17(22(31-5)32-6)9-7-8-15-10-12-16(13-11-15)21(30)33-24(2,3)4/h10-14,17,22H,7-9H2,1-6H3,(H5,25,26,27,28,29). The molecule has 0 fully saturated rings. The van der Waals surface area contributed by atoms with E-state index in [0.717, 1.165) is 18.4 Å². The fraction of sp³-hybridized carbons (Fsp3) is 0.542. The van der Waals surface area contributed by atoms with Crippen LogP contribution in [0.2, 0.25) is 0 Å². The molecule has 0 aliphatic carbocycles. The first-order chi connectivity index (χ1) is 15.5. The van der Waals surface area contributed by atoms with E-state index in [-0.39, 0.29) is 35.1 Å². The van der Waals surface area contributed by atoms with Gasteiger partial charge in [-0.1, -0.05) is 19.1 Å². The number of methoxy groups -OCH3 is 2.